The quantitative estimate of drug-likeness (QED) is 0.881. The van der Waals surface area contributed by atoms with Crippen LogP contribution in [0, 0.1) is 0 Å². The van der Waals surface area contributed by atoms with Crippen molar-refractivity contribution in [1.82, 2.24) is 0 Å². The van der Waals surface area contributed by atoms with E-state index in [0.29, 0.717) is 17.0 Å². The van der Waals surface area contributed by atoms with E-state index in [1.807, 2.05) is 20.8 Å². The first kappa shape index (κ1) is 16.0. The number of rotatable bonds is 4. The number of hydrogen-bond acceptors (Lipinski definition) is 3. The average Bonchev–Trinajstić information content (AvgIpc) is 2.28. The van der Waals surface area contributed by atoms with Crippen LogP contribution >= 0.6 is 27.7 Å². The third kappa shape index (κ3) is 5.65. The molecule has 2 amide bonds. The molecule has 3 N–H and O–H groups in total. The highest BCUT2D eigenvalue weighted by Gasteiger charge is 2.15. The molecule has 0 aromatic heterocycles. The molecule has 6 heteroatoms. The molecule has 0 heterocycles. The lowest BCUT2D eigenvalue weighted by Crippen LogP contribution is -2.21. The maximum absolute atomic E-state index is 11.8. The average molecular weight is 345 g/mol. The van der Waals surface area contributed by atoms with E-state index in [9.17, 15) is 9.59 Å². The molecular formula is C13H17BrN2O2S. The van der Waals surface area contributed by atoms with Crippen molar-refractivity contribution in [3.8, 4) is 0 Å². The van der Waals surface area contributed by atoms with Crippen LogP contribution in [0.25, 0.3) is 0 Å². The van der Waals surface area contributed by atoms with Gasteiger partial charge in [0.25, 0.3) is 5.91 Å². The van der Waals surface area contributed by atoms with Crippen LogP contribution in [0.4, 0.5) is 5.69 Å². The number of anilines is 1. The summed E-state index contributed by atoms with van der Waals surface area (Å²) in [5.74, 6) is -0.387. The molecule has 0 radical (unpaired) electrons. The van der Waals surface area contributed by atoms with Crippen LogP contribution in [0.2, 0.25) is 0 Å². The molecule has 1 rings (SSSR count). The van der Waals surface area contributed by atoms with E-state index in [1.165, 1.54) is 0 Å². The van der Waals surface area contributed by atoms with Crippen LogP contribution in [0.3, 0.4) is 0 Å². The lowest BCUT2D eigenvalue weighted by molar-refractivity contribution is -0.113. The predicted molar refractivity (Wildman–Crippen MR) is 83.5 cm³/mol. The molecule has 0 aliphatic carbocycles. The van der Waals surface area contributed by atoms with Crippen LogP contribution in [0.1, 0.15) is 31.1 Å². The van der Waals surface area contributed by atoms with E-state index in [0.717, 1.165) is 4.47 Å². The zero-order chi connectivity index (χ0) is 14.6. The van der Waals surface area contributed by atoms with E-state index in [4.69, 9.17) is 5.73 Å². The summed E-state index contributed by atoms with van der Waals surface area (Å²) in [5, 5.41) is 2.71. The van der Waals surface area contributed by atoms with Gasteiger partial charge in [-0.3, -0.25) is 9.59 Å². The molecule has 0 saturated carbocycles. The summed E-state index contributed by atoms with van der Waals surface area (Å²) in [6, 6.07) is 5.00. The zero-order valence-corrected chi connectivity index (χ0v) is 13.5. The summed E-state index contributed by atoms with van der Waals surface area (Å²) >= 11 is 4.80. The molecule has 0 saturated heterocycles. The molecule has 0 atom stereocenters. The molecule has 0 unspecified atom stereocenters. The Balaban J connectivity index is 2.77. The van der Waals surface area contributed by atoms with Crippen molar-refractivity contribution in [2.75, 3.05) is 11.1 Å². The number of hydrogen-bond donors (Lipinski definition) is 2. The normalized spacial score (nSPS) is 11.2. The summed E-state index contributed by atoms with van der Waals surface area (Å²) in [7, 11) is 0. The monoisotopic (exact) mass is 344 g/mol. The molecule has 104 valence electrons. The van der Waals surface area contributed by atoms with Gasteiger partial charge in [-0.25, -0.2) is 0 Å². The lowest BCUT2D eigenvalue weighted by atomic mass is 10.1. The minimum absolute atomic E-state index is 0.0174. The van der Waals surface area contributed by atoms with E-state index < -0.39 is 5.91 Å². The second-order valence-electron chi connectivity index (χ2n) is 5.00. The van der Waals surface area contributed by atoms with Gasteiger partial charge < -0.3 is 11.1 Å². The van der Waals surface area contributed by atoms with Crippen LogP contribution in [0.5, 0.6) is 0 Å². The molecule has 0 aliphatic heterocycles. The molecule has 0 fully saturated rings. The molecule has 1 aromatic rings. The van der Waals surface area contributed by atoms with E-state index in [-0.39, 0.29) is 10.7 Å². The fourth-order valence-corrected chi connectivity index (χ4v) is 2.30. The summed E-state index contributed by atoms with van der Waals surface area (Å²) in [5.41, 5.74) is 6.02. The fraction of sp³-hybridized carbons (Fsp3) is 0.385. The topological polar surface area (TPSA) is 72.2 Å². The number of nitrogens with one attached hydrogen (secondary N) is 1. The molecule has 19 heavy (non-hydrogen) atoms. The smallest absolute Gasteiger partial charge is 0.250 e. The summed E-state index contributed by atoms with van der Waals surface area (Å²) in [6.45, 7) is 6.12. The van der Waals surface area contributed by atoms with E-state index in [2.05, 4.69) is 21.2 Å². The van der Waals surface area contributed by atoms with Crippen LogP contribution in [0.15, 0.2) is 22.7 Å². The zero-order valence-electron chi connectivity index (χ0n) is 11.1. The largest absolute Gasteiger partial charge is 0.366 e. The number of nitrogens with two attached hydrogens (primary N) is 1. The standard InChI is InChI=1S/C13H17BrN2O2S/c1-13(2,3)19-7-11(17)16-10-5-4-8(14)6-9(10)12(15)18/h4-6H,7H2,1-3H3,(H2,15,18)(H,16,17). The Morgan fingerprint density at radius 3 is 2.53 bits per heavy atom. The number of carbonyl (C=O) groups excluding carboxylic acids is 2. The number of amides is 2. The summed E-state index contributed by atoms with van der Waals surface area (Å²) < 4.78 is 0.757. The first-order chi connectivity index (χ1) is 8.69. The van der Waals surface area contributed by atoms with Crippen LogP contribution in [-0.2, 0) is 4.79 Å². The van der Waals surface area contributed by atoms with E-state index >= 15 is 0 Å². The van der Waals surface area contributed by atoms with Crippen molar-refractivity contribution in [3.05, 3.63) is 28.2 Å². The number of halogens is 1. The van der Waals surface area contributed by atoms with Crippen molar-refractivity contribution in [3.63, 3.8) is 0 Å². The van der Waals surface area contributed by atoms with Gasteiger partial charge in [0.15, 0.2) is 0 Å². The van der Waals surface area contributed by atoms with Crippen molar-refractivity contribution in [1.29, 1.82) is 0 Å². The molecular weight excluding hydrogens is 328 g/mol. The van der Waals surface area contributed by atoms with Crippen molar-refractivity contribution >= 4 is 45.2 Å². The van der Waals surface area contributed by atoms with E-state index in [1.54, 1.807) is 30.0 Å². The first-order valence-corrected chi connectivity index (χ1v) is 7.50. The van der Waals surface area contributed by atoms with Crippen molar-refractivity contribution < 1.29 is 9.59 Å². The number of primary amides is 1. The van der Waals surface area contributed by atoms with Gasteiger partial charge in [0.2, 0.25) is 5.91 Å². The van der Waals surface area contributed by atoms with Crippen molar-refractivity contribution in [2.45, 2.75) is 25.5 Å². The van der Waals surface area contributed by atoms with Gasteiger partial charge in [0, 0.05) is 9.22 Å². The minimum Gasteiger partial charge on any atom is -0.366 e. The summed E-state index contributed by atoms with van der Waals surface area (Å²) in [4.78, 5) is 23.1. The van der Waals surface area contributed by atoms with Crippen molar-refractivity contribution in [2.24, 2.45) is 5.73 Å². The second-order valence-corrected chi connectivity index (χ2v) is 7.72. The third-order valence-electron chi connectivity index (χ3n) is 2.16. The lowest BCUT2D eigenvalue weighted by Gasteiger charge is -2.17. The Labute approximate surface area is 125 Å². The van der Waals surface area contributed by atoms with Gasteiger partial charge in [-0.2, -0.15) is 0 Å². The highest BCUT2D eigenvalue weighted by atomic mass is 79.9. The Morgan fingerprint density at radius 2 is 2.00 bits per heavy atom. The maximum atomic E-state index is 11.8. The maximum Gasteiger partial charge on any atom is 0.250 e. The predicted octanol–water partition coefficient (Wildman–Crippen LogP) is 3.02. The Morgan fingerprint density at radius 1 is 1.37 bits per heavy atom. The Kier molecular flexibility index (Phi) is 5.43. The Hall–Kier alpha value is -1.01. The van der Waals surface area contributed by atoms with Gasteiger partial charge in [0.1, 0.15) is 0 Å². The molecule has 1 aromatic carbocycles. The van der Waals surface area contributed by atoms with Crippen LogP contribution < -0.4 is 11.1 Å². The fourth-order valence-electron chi connectivity index (χ4n) is 1.30. The van der Waals surface area contributed by atoms with Gasteiger partial charge in [-0.1, -0.05) is 36.7 Å². The SMILES string of the molecule is CC(C)(C)SCC(=O)Nc1ccc(Br)cc1C(N)=O. The summed E-state index contributed by atoms with van der Waals surface area (Å²) in [6.07, 6.45) is 0. The Bertz CT molecular complexity index is 498. The highest BCUT2D eigenvalue weighted by Crippen LogP contribution is 2.24. The molecule has 4 nitrogen and oxygen atoms in total. The number of benzene rings is 1. The number of carbonyl (C=O) groups is 2. The minimum atomic E-state index is -0.569. The van der Waals surface area contributed by atoms with Gasteiger partial charge in [0.05, 0.1) is 17.0 Å². The molecule has 0 spiro atoms. The number of thioether (sulfide) groups is 1. The van der Waals surface area contributed by atoms with Gasteiger partial charge in [-0.15, -0.1) is 11.8 Å². The third-order valence-corrected chi connectivity index (χ3v) is 3.92. The molecule has 0 aliphatic rings. The van der Waals surface area contributed by atoms with Gasteiger partial charge in [-0.05, 0) is 18.2 Å². The first-order valence-electron chi connectivity index (χ1n) is 5.72. The highest BCUT2D eigenvalue weighted by molar-refractivity contribution is 9.10. The second kappa shape index (κ2) is 6.43. The van der Waals surface area contributed by atoms with Crippen LogP contribution in [-0.4, -0.2) is 22.3 Å². The molecule has 0 bridgehead atoms. The van der Waals surface area contributed by atoms with Gasteiger partial charge >= 0.3 is 0 Å².